The second kappa shape index (κ2) is 4.79. The lowest BCUT2D eigenvalue weighted by molar-refractivity contribution is -0.135. The van der Waals surface area contributed by atoms with E-state index in [1.807, 2.05) is 0 Å². The number of ether oxygens (including phenoxy) is 2. The van der Waals surface area contributed by atoms with Gasteiger partial charge in [0.15, 0.2) is 0 Å². The molecule has 0 N–H and O–H groups in total. The quantitative estimate of drug-likeness (QED) is 0.561. The van der Waals surface area contributed by atoms with Gasteiger partial charge in [-0.2, -0.15) is 0 Å². The Balaban J connectivity index is 0.000001000. The predicted molar refractivity (Wildman–Crippen MR) is 42.4 cm³/mol. The van der Waals surface area contributed by atoms with E-state index in [2.05, 4.69) is 4.74 Å². The summed E-state index contributed by atoms with van der Waals surface area (Å²) in [4.78, 5) is 10.8. The van der Waals surface area contributed by atoms with Crippen LogP contribution >= 0.6 is 12.4 Å². The maximum absolute atomic E-state index is 10.8. The average molecular weight is 177 g/mol. The fourth-order valence-electron chi connectivity index (χ4n) is 0.652. The Morgan fingerprint density at radius 2 is 2.45 bits per heavy atom. The van der Waals surface area contributed by atoms with Crippen molar-refractivity contribution in [2.45, 2.75) is 0 Å². The summed E-state index contributed by atoms with van der Waals surface area (Å²) in [7, 11) is 1.35. The van der Waals surface area contributed by atoms with Gasteiger partial charge in [0.1, 0.15) is 6.61 Å². The predicted octanol–water partition coefficient (Wildman–Crippen LogP) is 1.05. The number of hydrogen-bond donors (Lipinski definition) is 0. The van der Waals surface area contributed by atoms with Gasteiger partial charge < -0.3 is 9.47 Å². The molecule has 1 heterocycles. The summed E-state index contributed by atoms with van der Waals surface area (Å²) in [5.41, 5.74) is 0.550. The molecular formula is C7H9ClO3. The lowest BCUT2D eigenvalue weighted by atomic mass is 10.2. The fourth-order valence-corrected chi connectivity index (χ4v) is 0.652. The summed E-state index contributed by atoms with van der Waals surface area (Å²) >= 11 is 0. The van der Waals surface area contributed by atoms with Crippen molar-refractivity contribution in [2.75, 3.05) is 13.7 Å². The molecule has 0 aromatic carbocycles. The summed E-state index contributed by atoms with van der Waals surface area (Å²) in [6.07, 6.45) is 4.73. The Labute approximate surface area is 71.1 Å². The molecule has 0 radical (unpaired) electrons. The molecule has 1 aliphatic rings. The monoisotopic (exact) mass is 176 g/mol. The number of carbonyl (C=O) groups is 1. The van der Waals surface area contributed by atoms with Crippen molar-refractivity contribution < 1.29 is 14.3 Å². The van der Waals surface area contributed by atoms with Crippen molar-refractivity contribution in [3.8, 4) is 0 Å². The van der Waals surface area contributed by atoms with Gasteiger partial charge in [0.05, 0.1) is 18.9 Å². The van der Waals surface area contributed by atoms with E-state index in [0.29, 0.717) is 12.2 Å². The first-order valence-electron chi connectivity index (χ1n) is 2.91. The van der Waals surface area contributed by atoms with E-state index < -0.39 is 0 Å². The Morgan fingerprint density at radius 1 is 1.73 bits per heavy atom. The Kier molecular flexibility index (Phi) is 4.38. The maximum atomic E-state index is 10.8. The van der Waals surface area contributed by atoms with Crippen LogP contribution in [0.2, 0.25) is 0 Å². The van der Waals surface area contributed by atoms with Gasteiger partial charge in [0, 0.05) is 0 Å². The summed E-state index contributed by atoms with van der Waals surface area (Å²) in [5.74, 6) is -0.320. The minimum atomic E-state index is -0.320. The van der Waals surface area contributed by atoms with E-state index in [9.17, 15) is 4.79 Å². The van der Waals surface area contributed by atoms with Crippen LogP contribution in [0.4, 0.5) is 0 Å². The Morgan fingerprint density at radius 3 is 2.91 bits per heavy atom. The second-order valence-corrected chi connectivity index (χ2v) is 1.79. The molecule has 3 nitrogen and oxygen atoms in total. The normalized spacial score (nSPS) is 14.1. The number of carbonyl (C=O) groups excluding carboxylic acids is 1. The van der Waals surface area contributed by atoms with Crippen LogP contribution in [0, 0.1) is 0 Å². The van der Waals surface area contributed by atoms with Crippen molar-refractivity contribution in [3.05, 3.63) is 24.0 Å². The topological polar surface area (TPSA) is 35.5 Å². The van der Waals surface area contributed by atoms with E-state index in [-0.39, 0.29) is 18.4 Å². The van der Waals surface area contributed by atoms with Crippen LogP contribution in [-0.4, -0.2) is 19.7 Å². The molecular weight excluding hydrogens is 168 g/mol. The molecule has 1 aliphatic heterocycles. The van der Waals surface area contributed by atoms with Crippen LogP contribution in [0.1, 0.15) is 0 Å². The van der Waals surface area contributed by atoms with Gasteiger partial charge >= 0.3 is 5.97 Å². The van der Waals surface area contributed by atoms with Gasteiger partial charge in [-0.1, -0.05) is 0 Å². The zero-order valence-electron chi connectivity index (χ0n) is 6.07. The molecule has 0 aliphatic carbocycles. The first kappa shape index (κ1) is 10.0. The first-order valence-corrected chi connectivity index (χ1v) is 2.91. The zero-order chi connectivity index (χ0) is 7.40. The van der Waals surface area contributed by atoms with E-state index in [0.717, 1.165) is 0 Å². The fraction of sp³-hybridized carbons (Fsp3) is 0.286. The highest BCUT2D eigenvalue weighted by Gasteiger charge is 2.06. The van der Waals surface area contributed by atoms with E-state index >= 15 is 0 Å². The largest absolute Gasteiger partial charge is 0.497 e. The third-order valence-corrected chi connectivity index (χ3v) is 1.16. The van der Waals surface area contributed by atoms with Crippen molar-refractivity contribution in [3.63, 3.8) is 0 Å². The van der Waals surface area contributed by atoms with E-state index in [1.165, 1.54) is 13.4 Å². The molecule has 0 bridgehead atoms. The molecule has 0 amide bonds. The highest BCUT2D eigenvalue weighted by molar-refractivity contribution is 5.91. The number of halogens is 1. The molecule has 0 aromatic heterocycles. The maximum Gasteiger partial charge on any atom is 0.337 e. The smallest absolute Gasteiger partial charge is 0.337 e. The highest BCUT2D eigenvalue weighted by atomic mass is 35.5. The molecule has 0 saturated carbocycles. The van der Waals surface area contributed by atoms with E-state index in [4.69, 9.17) is 4.74 Å². The van der Waals surface area contributed by atoms with Crippen LogP contribution < -0.4 is 0 Å². The number of esters is 1. The molecule has 0 saturated heterocycles. The lowest BCUT2D eigenvalue weighted by Gasteiger charge is -2.04. The molecule has 62 valence electrons. The first-order chi connectivity index (χ1) is 4.84. The minimum absolute atomic E-state index is 0. The molecule has 0 fully saturated rings. The zero-order valence-corrected chi connectivity index (χ0v) is 6.89. The van der Waals surface area contributed by atoms with Crippen molar-refractivity contribution in [1.82, 2.24) is 0 Å². The number of rotatable bonds is 1. The van der Waals surface area contributed by atoms with Crippen LogP contribution in [0.15, 0.2) is 24.0 Å². The summed E-state index contributed by atoms with van der Waals surface area (Å²) in [6, 6.07) is 0. The number of methoxy groups -OCH3 is 1. The third-order valence-electron chi connectivity index (χ3n) is 1.16. The SMILES string of the molecule is COC(=O)C1=CCOC=C1.Cl. The highest BCUT2D eigenvalue weighted by Crippen LogP contribution is 2.04. The van der Waals surface area contributed by atoms with Gasteiger partial charge in [0.25, 0.3) is 0 Å². The molecule has 0 aromatic rings. The molecule has 0 spiro atoms. The standard InChI is InChI=1S/C7H8O3.ClH/c1-9-7(8)6-2-4-10-5-3-6;/h2-4H,5H2,1H3;1H. The average Bonchev–Trinajstić information content (AvgIpc) is 2.05. The van der Waals surface area contributed by atoms with Crippen LogP contribution in [-0.2, 0) is 14.3 Å². The van der Waals surface area contributed by atoms with Gasteiger partial charge in [-0.05, 0) is 12.2 Å². The van der Waals surface area contributed by atoms with Gasteiger partial charge in [-0.15, -0.1) is 12.4 Å². The lowest BCUT2D eigenvalue weighted by Crippen LogP contribution is -2.06. The van der Waals surface area contributed by atoms with Crippen molar-refractivity contribution in [2.24, 2.45) is 0 Å². The summed E-state index contributed by atoms with van der Waals surface area (Å²) in [5, 5.41) is 0. The van der Waals surface area contributed by atoms with Gasteiger partial charge in [-0.3, -0.25) is 0 Å². The molecule has 0 unspecified atom stereocenters. The number of hydrogen-bond acceptors (Lipinski definition) is 3. The third kappa shape index (κ3) is 2.63. The van der Waals surface area contributed by atoms with Crippen molar-refractivity contribution >= 4 is 18.4 Å². The molecule has 1 rings (SSSR count). The second-order valence-electron chi connectivity index (χ2n) is 1.79. The molecule has 11 heavy (non-hydrogen) atoms. The Hall–Kier alpha value is -0.960. The van der Waals surface area contributed by atoms with Gasteiger partial charge in [-0.25, -0.2) is 4.79 Å². The molecule has 4 heteroatoms. The van der Waals surface area contributed by atoms with Gasteiger partial charge in [0.2, 0.25) is 0 Å². The summed E-state index contributed by atoms with van der Waals surface area (Å²) in [6.45, 7) is 0.445. The van der Waals surface area contributed by atoms with Crippen LogP contribution in [0.25, 0.3) is 0 Å². The van der Waals surface area contributed by atoms with Crippen LogP contribution in [0.3, 0.4) is 0 Å². The van der Waals surface area contributed by atoms with E-state index in [1.54, 1.807) is 12.2 Å². The molecule has 0 atom stereocenters. The van der Waals surface area contributed by atoms with Crippen molar-refractivity contribution in [1.29, 1.82) is 0 Å². The summed E-state index contributed by atoms with van der Waals surface area (Å²) < 4.78 is 9.31. The Bertz CT molecular complexity index is 196. The van der Waals surface area contributed by atoms with Crippen LogP contribution in [0.5, 0.6) is 0 Å². The minimum Gasteiger partial charge on any atom is -0.497 e.